The normalized spacial score (nSPS) is 15.2. The zero-order valence-electron chi connectivity index (χ0n) is 11.6. The first-order valence-electron chi connectivity index (χ1n) is 6.83. The fraction of sp³-hybridized carbons (Fsp3) is 0.533. The van der Waals surface area contributed by atoms with Gasteiger partial charge in [0, 0.05) is 20.6 Å². The summed E-state index contributed by atoms with van der Waals surface area (Å²) in [5.41, 5.74) is 6.90. The molecule has 1 aromatic carbocycles. The number of hydrogen-bond donors (Lipinski definition) is 2. The van der Waals surface area contributed by atoms with Crippen molar-refractivity contribution in [2.75, 3.05) is 30.7 Å². The van der Waals surface area contributed by atoms with Crippen molar-refractivity contribution in [1.82, 2.24) is 4.90 Å². The topological polar surface area (TPSA) is 67.6 Å². The Kier molecular flexibility index (Phi) is 6.27. The average molecular weight is 300 g/mol. The summed E-state index contributed by atoms with van der Waals surface area (Å²) in [6.45, 7) is 3.49. The number of nitrogens with two attached hydrogens (primary N) is 1. The minimum absolute atomic E-state index is 0. The van der Waals surface area contributed by atoms with Gasteiger partial charge in [0.1, 0.15) is 5.82 Å². The van der Waals surface area contributed by atoms with Crippen LogP contribution < -0.4 is 11.1 Å². The van der Waals surface area contributed by atoms with E-state index in [0.717, 1.165) is 18.5 Å². The van der Waals surface area contributed by atoms with Gasteiger partial charge in [0.2, 0.25) is 0 Å². The van der Waals surface area contributed by atoms with E-state index in [1.54, 1.807) is 17.9 Å². The third-order valence-corrected chi connectivity index (χ3v) is 3.39. The molecule has 120 valence electrons. The van der Waals surface area contributed by atoms with Crippen molar-refractivity contribution in [3.05, 3.63) is 24.0 Å². The Morgan fingerprint density at radius 1 is 1.52 bits per heavy atom. The minimum Gasteiger partial charge on any atom is -0.450 e. The summed E-state index contributed by atoms with van der Waals surface area (Å²) in [5.74, 6) is -0.342. The predicted octanol–water partition coefficient (Wildman–Crippen LogP) is 3.32. The van der Waals surface area contributed by atoms with Gasteiger partial charge in [-0.1, -0.05) is 7.43 Å². The molecule has 0 spiro atoms. The average Bonchev–Trinajstić information content (AvgIpc) is 2.43. The van der Waals surface area contributed by atoms with Crippen LogP contribution in [-0.4, -0.2) is 36.7 Å². The maximum atomic E-state index is 13.0. The number of carbonyl (C=O) groups excluding carboxylic acids is 1. The SMILES string of the molecule is C.CCOC(=O)N1CCC(Nc2ccc(F)cc2N)CC1.[2HH]. The lowest BCUT2D eigenvalue weighted by Crippen LogP contribution is -2.42. The monoisotopic (exact) mass is 300 g/mol. The van der Waals surface area contributed by atoms with Gasteiger partial charge in [-0.3, -0.25) is 0 Å². The van der Waals surface area contributed by atoms with Crippen LogP contribution in [0.5, 0.6) is 0 Å². The number of rotatable bonds is 3. The Balaban J connectivity index is 0.00000220. The number of benzene rings is 1. The van der Waals surface area contributed by atoms with Gasteiger partial charge in [-0.25, -0.2) is 9.18 Å². The van der Waals surface area contributed by atoms with Gasteiger partial charge >= 0.3 is 6.09 Å². The van der Waals surface area contributed by atoms with Crippen LogP contribution in [0, 0.1) is 5.82 Å². The standard InChI is InChI=1S/C14H20FN3O2.CH4.H2/c1-2-20-14(19)18-7-5-11(6-8-18)17-13-4-3-10(15)9-12(13)16;;/h3-4,9,11,17H,2,5-8,16H2,1H3;1H4;1H/i;;1+1. The number of hydrogen-bond acceptors (Lipinski definition) is 4. The second kappa shape index (κ2) is 7.71. The zero-order chi connectivity index (χ0) is 14.5. The maximum absolute atomic E-state index is 13.0. The molecule has 1 aromatic rings. The first-order chi connectivity index (χ1) is 9.60. The molecule has 1 aliphatic rings. The molecule has 5 nitrogen and oxygen atoms in total. The lowest BCUT2D eigenvalue weighted by atomic mass is 10.0. The van der Waals surface area contributed by atoms with Gasteiger partial charge in [-0.05, 0) is 38.0 Å². The number of nitrogen functional groups attached to an aromatic ring is 1. The van der Waals surface area contributed by atoms with Crippen molar-refractivity contribution in [2.45, 2.75) is 33.2 Å². The highest BCUT2D eigenvalue weighted by atomic mass is 19.1. The molecule has 0 aromatic heterocycles. The first-order valence-corrected chi connectivity index (χ1v) is 6.83. The van der Waals surface area contributed by atoms with E-state index in [9.17, 15) is 9.18 Å². The Morgan fingerprint density at radius 3 is 2.76 bits per heavy atom. The summed E-state index contributed by atoms with van der Waals surface area (Å²) in [6, 6.07) is 4.55. The van der Waals surface area contributed by atoms with Crippen molar-refractivity contribution in [3.63, 3.8) is 0 Å². The third-order valence-electron chi connectivity index (χ3n) is 3.39. The van der Waals surface area contributed by atoms with Crippen molar-refractivity contribution >= 4 is 17.5 Å². The van der Waals surface area contributed by atoms with Gasteiger partial charge in [-0.15, -0.1) is 0 Å². The number of ether oxygens (including phenoxy) is 1. The number of likely N-dealkylation sites (tertiary alicyclic amines) is 1. The molecule has 1 fully saturated rings. The maximum Gasteiger partial charge on any atom is 0.409 e. The number of anilines is 2. The van der Waals surface area contributed by atoms with Crippen LogP contribution in [0.25, 0.3) is 0 Å². The second-order valence-corrected chi connectivity index (χ2v) is 4.84. The van der Waals surface area contributed by atoms with Crippen LogP contribution >= 0.6 is 0 Å². The molecule has 1 saturated heterocycles. The highest BCUT2D eigenvalue weighted by molar-refractivity contribution is 5.68. The molecule has 0 saturated carbocycles. The van der Waals surface area contributed by atoms with Gasteiger partial charge in [0.15, 0.2) is 0 Å². The van der Waals surface area contributed by atoms with Gasteiger partial charge in [0.05, 0.1) is 18.0 Å². The molecule has 6 heteroatoms. The number of piperidine rings is 1. The number of amides is 1. The molecule has 21 heavy (non-hydrogen) atoms. The Morgan fingerprint density at radius 2 is 2.19 bits per heavy atom. The van der Waals surface area contributed by atoms with Crippen LogP contribution in [0.3, 0.4) is 0 Å². The van der Waals surface area contributed by atoms with Crippen LogP contribution in [0.2, 0.25) is 0 Å². The molecule has 1 heterocycles. The summed E-state index contributed by atoms with van der Waals surface area (Å²) in [5, 5.41) is 3.30. The third kappa shape index (κ3) is 4.51. The highest BCUT2D eigenvalue weighted by Gasteiger charge is 2.23. The van der Waals surface area contributed by atoms with E-state index in [-0.39, 0.29) is 26.8 Å². The molecular weight excluding hydrogens is 273 g/mol. The van der Waals surface area contributed by atoms with Crippen molar-refractivity contribution < 1.29 is 15.3 Å². The molecule has 0 bridgehead atoms. The van der Waals surface area contributed by atoms with Crippen LogP contribution in [-0.2, 0) is 4.74 Å². The van der Waals surface area contributed by atoms with Crippen molar-refractivity contribution in [2.24, 2.45) is 0 Å². The Labute approximate surface area is 126 Å². The summed E-state index contributed by atoms with van der Waals surface area (Å²) < 4.78 is 17.9. The molecule has 1 amide bonds. The van der Waals surface area contributed by atoms with E-state index < -0.39 is 0 Å². The van der Waals surface area contributed by atoms with E-state index in [1.165, 1.54) is 12.1 Å². The molecule has 0 unspecified atom stereocenters. The van der Waals surface area contributed by atoms with E-state index in [2.05, 4.69) is 5.32 Å². The number of carbonyl (C=O) groups is 1. The van der Waals surface area contributed by atoms with Gasteiger partial charge < -0.3 is 20.7 Å². The first kappa shape index (κ1) is 17.1. The largest absolute Gasteiger partial charge is 0.450 e. The molecule has 3 N–H and O–H groups in total. The molecule has 0 atom stereocenters. The zero-order valence-corrected chi connectivity index (χ0v) is 11.6. The lowest BCUT2D eigenvalue weighted by Gasteiger charge is -2.32. The highest BCUT2D eigenvalue weighted by Crippen LogP contribution is 2.23. The molecule has 1 aliphatic heterocycles. The molecule has 0 aliphatic carbocycles. The smallest absolute Gasteiger partial charge is 0.409 e. The lowest BCUT2D eigenvalue weighted by molar-refractivity contribution is 0.0983. The summed E-state index contributed by atoms with van der Waals surface area (Å²) in [4.78, 5) is 13.3. The Hall–Kier alpha value is -1.98. The predicted molar refractivity (Wildman–Crippen MR) is 84.9 cm³/mol. The van der Waals surface area contributed by atoms with Crippen LogP contribution in [0.15, 0.2) is 18.2 Å². The number of nitrogens with one attached hydrogen (secondary N) is 1. The van der Waals surface area contributed by atoms with E-state index in [0.29, 0.717) is 25.4 Å². The minimum atomic E-state index is -0.342. The van der Waals surface area contributed by atoms with E-state index in [4.69, 9.17) is 10.5 Å². The molecule has 0 radical (unpaired) electrons. The second-order valence-electron chi connectivity index (χ2n) is 4.84. The number of halogens is 1. The fourth-order valence-corrected chi connectivity index (χ4v) is 2.31. The van der Waals surface area contributed by atoms with Crippen LogP contribution in [0.4, 0.5) is 20.6 Å². The summed E-state index contributed by atoms with van der Waals surface area (Å²) in [7, 11) is 0. The fourth-order valence-electron chi connectivity index (χ4n) is 2.31. The van der Waals surface area contributed by atoms with Crippen molar-refractivity contribution in [3.8, 4) is 0 Å². The summed E-state index contributed by atoms with van der Waals surface area (Å²) in [6.07, 6.45) is 1.37. The van der Waals surface area contributed by atoms with Gasteiger partial charge in [0.25, 0.3) is 0 Å². The van der Waals surface area contributed by atoms with E-state index in [1.807, 2.05) is 0 Å². The Bertz CT molecular complexity index is 480. The van der Waals surface area contributed by atoms with Crippen molar-refractivity contribution in [1.29, 1.82) is 0 Å². The quantitative estimate of drug-likeness (QED) is 0.840. The van der Waals surface area contributed by atoms with E-state index >= 15 is 0 Å². The number of nitrogens with zero attached hydrogens (tertiary/aromatic N) is 1. The van der Waals surface area contributed by atoms with Gasteiger partial charge in [-0.2, -0.15) is 0 Å². The van der Waals surface area contributed by atoms with Crippen LogP contribution in [0.1, 0.15) is 28.6 Å². The summed E-state index contributed by atoms with van der Waals surface area (Å²) >= 11 is 0. The molecular formula is C15H26FN3O2. The molecule has 2 rings (SSSR count).